The molecule has 0 unspecified atom stereocenters. The molecule has 3 amide bonds. The molecule has 0 aliphatic carbocycles. The van der Waals surface area contributed by atoms with Crippen LogP contribution in [0.1, 0.15) is 22.3 Å². The molecule has 0 saturated carbocycles. The Morgan fingerprint density at radius 3 is 2.46 bits per heavy atom. The van der Waals surface area contributed by atoms with Crippen molar-refractivity contribution in [1.29, 1.82) is 0 Å². The summed E-state index contributed by atoms with van der Waals surface area (Å²) in [4.78, 5) is 35.6. The molecule has 0 radical (unpaired) electrons. The summed E-state index contributed by atoms with van der Waals surface area (Å²) in [6.45, 7) is 1.97. The monoisotopic (exact) mass is 417 g/mol. The average Bonchev–Trinajstić information content (AvgIpc) is 2.62. The van der Waals surface area contributed by atoms with Crippen molar-refractivity contribution in [1.82, 2.24) is 10.6 Å². The van der Waals surface area contributed by atoms with E-state index in [-0.39, 0.29) is 37.2 Å². The van der Waals surface area contributed by atoms with Gasteiger partial charge in [-0.2, -0.15) is 0 Å². The zero-order valence-electron chi connectivity index (χ0n) is 14.3. The van der Waals surface area contributed by atoms with E-state index < -0.39 is 0 Å². The second-order valence-corrected chi connectivity index (χ2v) is 6.53. The highest BCUT2D eigenvalue weighted by molar-refractivity contribution is 9.10. The van der Waals surface area contributed by atoms with Crippen LogP contribution >= 0.6 is 15.9 Å². The van der Waals surface area contributed by atoms with E-state index in [4.69, 9.17) is 0 Å². The summed E-state index contributed by atoms with van der Waals surface area (Å²) in [6.07, 6.45) is 0.0971. The Bertz CT molecular complexity index is 808. The van der Waals surface area contributed by atoms with Gasteiger partial charge in [0.05, 0.1) is 12.2 Å². The number of carbonyl (C=O) groups excluding carboxylic acids is 3. The minimum Gasteiger partial charge on any atom is -0.352 e. The number of halogens is 1. The molecule has 0 aliphatic heterocycles. The van der Waals surface area contributed by atoms with E-state index in [1.165, 1.54) is 0 Å². The molecule has 0 aromatic heterocycles. The van der Waals surface area contributed by atoms with E-state index in [1.54, 1.807) is 30.3 Å². The van der Waals surface area contributed by atoms with Gasteiger partial charge in [-0.1, -0.05) is 29.8 Å². The van der Waals surface area contributed by atoms with Gasteiger partial charge in [-0.15, -0.1) is 0 Å². The number of carbonyl (C=O) groups is 3. The zero-order chi connectivity index (χ0) is 18.9. The number of hydrogen-bond acceptors (Lipinski definition) is 3. The van der Waals surface area contributed by atoms with E-state index in [0.29, 0.717) is 11.3 Å². The lowest BCUT2D eigenvalue weighted by molar-refractivity contribution is -0.124. The van der Waals surface area contributed by atoms with Crippen LogP contribution in [0.15, 0.2) is 53.0 Å². The summed E-state index contributed by atoms with van der Waals surface area (Å²) in [5, 5.41) is 7.91. The van der Waals surface area contributed by atoms with Crippen LogP contribution in [-0.2, 0) is 9.59 Å². The van der Waals surface area contributed by atoms with Gasteiger partial charge in [-0.25, -0.2) is 0 Å². The molecular weight excluding hydrogens is 398 g/mol. The minimum absolute atomic E-state index is 0.0971. The van der Waals surface area contributed by atoms with Gasteiger partial charge in [0, 0.05) is 23.0 Å². The topological polar surface area (TPSA) is 87.3 Å². The van der Waals surface area contributed by atoms with Gasteiger partial charge in [-0.3, -0.25) is 14.4 Å². The highest BCUT2D eigenvalue weighted by Gasteiger charge is 2.09. The number of para-hydroxylation sites is 1. The van der Waals surface area contributed by atoms with Crippen molar-refractivity contribution in [2.24, 2.45) is 0 Å². The van der Waals surface area contributed by atoms with Crippen LogP contribution in [0.2, 0.25) is 0 Å². The van der Waals surface area contributed by atoms with Crippen LogP contribution in [0, 0.1) is 6.92 Å². The van der Waals surface area contributed by atoms with Gasteiger partial charge in [0.1, 0.15) is 0 Å². The normalized spacial score (nSPS) is 10.1. The first kappa shape index (κ1) is 19.7. The molecule has 0 heterocycles. The third kappa shape index (κ3) is 6.33. The van der Waals surface area contributed by atoms with E-state index in [0.717, 1.165) is 10.0 Å². The lowest BCUT2D eigenvalue weighted by Gasteiger charge is -2.09. The predicted octanol–water partition coefficient (Wildman–Crippen LogP) is 2.63. The summed E-state index contributed by atoms with van der Waals surface area (Å²) in [5.41, 5.74) is 2.18. The lowest BCUT2D eigenvalue weighted by Crippen LogP contribution is -2.35. The summed E-state index contributed by atoms with van der Waals surface area (Å²) in [5.74, 6) is -0.862. The third-order valence-electron chi connectivity index (χ3n) is 3.51. The number of aryl methyl sites for hydroxylation is 1. The Labute approximate surface area is 160 Å². The highest BCUT2D eigenvalue weighted by Crippen LogP contribution is 2.20. The third-order valence-corrected chi connectivity index (χ3v) is 4.20. The van der Waals surface area contributed by atoms with Crippen LogP contribution in [0.3, 0.4) is 0 Å². The highest BCUT2D eigenvalue weighted by atomic mass is 79.9. The number of nitrogens with one attached hydrogen (secondary N) is 3. The summed E-state index contributed by atoms with van der Waals surface area (Å²) >= 11 is 3.33. The Balaban J connectivity index is 1.68. The molecule has 0 fully saturated rings. The number of amides is 3. The quantitative estimate of drug-likeness (QED) is 0.646. The van der Waals surface area contributed by atoms with Crippen molar-refractivity contribution >= 4 is 39.3 Å². The number of rotatable bonds is 7. The fraction of sp³-hybridized carbons (Fsp3) is 0.211. The Morgan fingerprint density at radius 2 is 1.73 bits per heavy atom. The molecule has 0 atom stereocenters. The van der Waals surface area contributed by atoms with Crippen LogP contribution in [0.5, 0.6) is 0 Å². The summed E-state index contributed by atoms with van der Waals surface area (Å²) in [7, 11) is 0. The van der Waals surface area contributed by atoms with E-state index >= 15 is 0 Å². The Morgan fingerprint density at radius 1 is 0.962 bits per heavy atom. The maximum Gasteiger partial charge on any atom is 0.251 e. The van der Waals surface area contributed by atoms with E-state index in [2.05, 4.69) is 31.9 Å². The summed E-state index contributed by atoms with van der Waals surface area (Å²) in [6, 6.07) is 14.4. The number of anilines is 1. The van der Waals surface area contributed by atoms with Crippen molar-refractivity contribution in [2.75, 3.05) is 18.4 Å². The number of hydrogen-bond donors (Lipinski definition) is 3. The van der Waals surface area contributed by atoms with Crippen LogP contribution in [0.25, 0.3) is 0 Å². The SMILES string of the molecule is Cc1cccc(C(=O)NCCC(=O)NCC(=O)Nc2ccccc2Br)c1. The fourth-order valence-corrected chi connectivity index (χ4v) is 2.59. The Kier molecular flexibility index (Phi) is 7.35. The molecule has 26 heavy (non-hydrogen) atoms. The molecule has 3 N–H and O–H groups in total. The fourth-order valence-electron chi connectivity index (χ4n) is 2.20. The van der Waals surface area contributed by atoms with Crippen molar-refractivity contribution < 1.29 is 14.4 Å². The summed E-state index contributed by atoms with van der Waals surface area (Å²) < 4.78 is 0.763. The minimum atomic E-state index is -0.325. The van der Waals surface area contributed by atoms with Gasteiger partial charge in [0.2, 0.25) is 11.8 Å². The first-order valence-corrected chi connectivity index (χ1v) is 8.91. The van der Waals surface area contributed by atoms with Crippen molar-refractivity contribution in [3.05, 3.63) is 64.1 Å². The molecular formula is C19H20BrN3O3. The van der Waals surface area contributed by atoms with Gasteiger partial charge >= 0.3 is 0 Å². The molecule has 2 rings (SSSR count). The standard InChI is InChI=1S/C19H20BrN3O3/c1-13-5-4-6-14(11-13)19(26)21-10-9-17(24)22-12-18(25)23-16-8-3-2-7-15(16)20/h2-8,11H,9-10,12H2,1H3,(H,21,26)(H,22,24)(H,23,25). The van der Waals surface area contributed by atoms with Gasteiger partial charge in [-0.05, 0) is 47.1 Å². The van der Waals surface area contributed by atoms with Crippen LogP contribution < -0.4 is 16.0 Å². The first-order chi connectivity index (χ1) is 12.5. The molecule has 7 heteroatoms. The zero-order valence-corrected chi connectivity index (χ0v) is 15.9. The smallest absolute Gasteiger partial charge is 0.251 e. The number of benzene rings is 2. The second kappa shape index (κ2) is 9.72. The molecule has 136 valence electrons. The molecule has 0 spiro atoms. The van der Waals surface area contributed by atoms with Gasteiger partial charge in [0.15, 0.2) is 0 Å². The largest absolute Gasteiger partial charge is 0.352 e. The molecule has 0 bridgehead atoms. The van der Waals surface area contributed by atoms with Crippen LogP contribution in [-0.4, -0.2) is 30.8 Å². The van der Waals surface area contributed by atoms with Crippen molar-refractivity contribution in [3.63, 3.8) is 0 Å². The predicted molar refractivity (Wildman–Crippen MR) is 104 cm³/mol. The Hall–Kier alpha value is -2.67. The molecule has 0 aliphatic rings. The maximum atomic E-state index is 12.0. The first-order valence-electron chi connectivity index (χ1n) is 8.11. The van der Waals surface area contributed by atoms with Gasteiger partial charge < -0.3 is 16.0 Å². The molecule has 2 aromatic rings. The van der Waals surface area contributed by atoms with Crippen LogP contribution in [0.4, 0.5) is 5.69 Å². The molecule has 6 nitrogen and oxygen atoms in total. The van der Waals surface area contributed by atoms with E-state index in [9.17, 15) is 14.4 Å². The van der Waals surface area contributed by atoms with Gasteiger partial charge in [0.25, 0.3) is 5.91 Å². The van der Waals surface area contributed by atoms with Crippen molar-refractivity contribution in [2.45, 2.75) is 13.3 Å². The molecule has 2 aromatic carbocycles. The lowest BCUT2D eigenvalue weighted by atomic mass is 10.1. The van der Waals surface area contributed by atoms with E-state index in [1.807, 2.05) is 25.1 Å². The maximum absolute atomic E-state index is 12.0. The second-order valence-electron chi connectivity index (χ2n) is 5.68. The van der Waals surface area contributed by atoms with Crippen molar-refractivity contribution in [3.8, 4) is 0 Å². The average molecular weight is 418 g/mol. The molecule has 0 saturated heterocycles.